The van der Waals surface area contributed by atoms with E-state index in [-0.39, 0.29) is 32.1 Å². The molecule has 0 bridgehead atoms. The third-order valence-corrected chi connectivity index (χ3v) is 4.49. The summed E-state index contributed by atoms with van der Waals surface area (Å²) in [6, 6.07) is 9.21. The molecule has 1 aliphatic heterocycles. The number of nitrogens with zero attached hydrogens (tertiary/aromatic N) is 1. The minimum atomic E-state index is -0.724. The zero-order valence-corrected chi connectivity index (χ0v) is 15.4. The number of aliphatic hydroxyl groups is 1. The average molecular weight is 401 g/mol. The number of fused-ring (bicyclic) bond motifs is 1. The van der Waals surface area contributed by atoms with Crippen molar-refractivity contribution in [2.45, 2.75) is 12.6 Å². The molecule has 3 N–H and O–H groups in total. The number of amides is 4. The van der Waals surface area contributed by atoms with Gasteiger partial charge >= 0.3 is 6.03 Å². The van der Waals surface area contributed by atoms with Crippen LogP contribution in [0.5, 0.6) is 5.75 Å². The van der Waals surface area contributed by atoms with E-state index in [0.717, 1.165) is 5.56 Å². The summed E-state index contributed by atoms with van der Waals surface area (Å²) in [7, 11) is 0. The summed E-state index contributed by atoms with van der Waals surface area (Å²) >= 11 is 0. The fourth-order valence-corrected chi connectivity index (χ4v) is 3.16. The fourth-order valence-electron chi connectivity index (χ4n) is 3.16. The Bertz CT molecular complexity index is 903. The van der Waals surface area contributed by atoms with E-state index in [9.17, 15) is 18.8 Å². The van der Waals surface area contributed by atoms with E-state index in [1.165, 1.54) is 24.3 Å². The van der Waals surface area contributed by atoms with Crippen LogP contribution in [0.2, 0.25) is 0 Å². The van der Waals surface area contributed by atoms with Crippen molar-refractivity contribution in [3.63, 3.8) is 0 Å². The topological polar surface area (TPSA) is 108 Å². The van der Waals surface area contributed by atoms with E-state index in [4.69, 9.17) is 9.84 Å². The van der Waals surface area contributed by atoms with Gasteiger partial charge in [-0.05, 0) is 41.5 Å². The van der Waals surface area contributed by atoms with Crippen LogP contribution in [0.4, 0.5) is 9.18 Å². The molecule has 2 aromatic rings. The predicted octanol–water partition coefficient (Wildman–Crippen LogP) is 1.35. The number of urea groups is 1. The molecule has 1 atom stereocenters. The molecule has 2 aromatic carbocycles. The van der Waals surface area contributed by atoms with Crippen LogP contribution in [-0.2, 0) is 11.3 Å². The molecule has 1 heterocycles. The molecule has 4 amide bonds. The quantitative estimate of drug-likeness (QED) is 0.579. The Hall–Kier alpha value is -3.46. The van der Waals surface area contributed by atoms with Crippen LogP contribution in [0.25, 0.3) is 0 Å². The van der Waals surface area contributed by atoms with Crippen molar-refractivity contribution in [2.24, 2.45) is 0 Å². The SMILES string of the molecule is O=CNC(=O)N[C@@H](CN1Cc2cc(OCCO)ccc2C1=O)c1ccc(F)cc1. The first-order chi connectivity index (χ1) is 14.0. The Balaban J connectivity index is 1.77. The lowest BCUT2D eigenvalue weighted by Crippen LogP contribution is -2.42. The number of aliphatic hydroxyl groups excluding tert-OH is 1. The molecule has 0 unspecified atom stereocenters. The second-order valence-corrected chi connectivity index (χ2v) is 6.42. The maximum atomic E-state index is 13.3. The Labute approximate surface area is 166 Å². The molecule has 0 fully saturated rings. The molecule has 0 aromatic heterocycles. The number of imide groups is 1. The summed E-state index contributed by atoms with van der Waals surface area (Å²) in [4.78, 5) is 36.7. The highest BCUT2D eigenvalue weighted by atomic mass is 19.1. The molecule has 8 nitrogen and oxygen atoms in total. The van der Waals surface area contributed by atoms with E-state index in [2.05, 4.69) is 5.32 Å². The van der Waals surface area contributed by atoms with Gasteiger partial charge in [0.15, 0.2) is 0 Å². The predicted molar refractivity (Wildman–Crippen MR) is 101 cm³/mol. The van der Waals surface area contributed by atoms with Crippen LogP contribution in [-0.4, -0.2) is 48.1 Å². The molecule has 29 heavy (non-hydrogen) atoms. The van der Waals surface area contributed by atoms with Gasteiger partial charge in [0.05, 0.1) is 12.6 Å². The number of halogens is 1. The van der Waals surface area contributed by atoms with Gasteiger partial charge in [0.1, 0.15) is 18.2 Å². The van der Waals surface area contributed by atoms with Crippen molar-refractivity contribution in [2.75, 3.05) is 19.8 Å². The Morgan fingerprint density at radius 3 is 2.72 bits per heavy atom. The molecular weight excluding hydrogens is 381 g/mol. The van der Waals surface area contributed by atoms with Crippen molar-refractivity contribution in [1.29, 1.82) is 0 Å². The summed E-state index contributed by atoms with van der Waals surface area (Å²) < 4.78 is 18.6. The molecule has 0 saturated carbocycles. The van der Waals surface area contributed by atoms with E-state index in [1.54, 1.807) is 23.1 Å². The van der Waals surface area contributed by atoms with Gasteiger partial charge in [-0.1, -0.05) is 12.1 Å². The fraction of sp³-hybridized carbons (Fsp3) is 0.250. The number of benzene rings is 2. The lowest BCUT2D eigenvalue weighted by molar-refractivity contribution is -0.108. The first kappa shape index (κ1) is 20.3. The maximum absolute atomic E-state index is 13.3. The lowest BCUT2D eigenvalue weighted by atomic mass is 10.1. The van der Waals surface area contributed by atoms with E-state index < -0.39 is 17.9 Å². The van der Waals surface area contributed by atoms with Crippen LogP contribution in [0.3, 0.4) is 0 Å². The monoisotopic (exact) mass is 401 g/mol. The Morgan fingerprint density at radius 2 is 2.03 bits per heavy atom. The van der Waals surface area contributed by atoms with Gasteiger partial charge in [0.2, 0.25) is 6.41 Å². The third kappa shape index (κ3) is 4.88. The maximum Gasteiger partial charge on any atom is 0.321 e. The summed E-state index contributed by atoms with van der Waals surface area (Å²) in [6.07, 6.45) is 0.252. The van der Waals surface area contributed by atoms with Crippen LogP contribution in [0, 0.1) is 5.82 Å². The molecule has 9 heteroatoms. The summed E-state index contributed by atoms with van der Waals surface area (Å²) in [6.45, 7) is 0.465. The van der Waals surface area contributed by atoms with E-state index >= 15 is 0 Å². The number of carbonyl (C=O) groups is 3. The Kier molecular flexibility index (Phi) is 6.40. The summed E-state index contributed by atoms with van der Waals surface area (Å²) in [5.74, 6) is -0.0886. The zero-order valence-electron chi connectivity index (χ0n) is 15.4. The van der Waals surface area contributed by atoms with E-state index in [0.29, 0.717) is 23.4 Å². The van der Waals surface area contributed by atoms with Crippen LogP contribution in [0.15, 0.2) is 42.5 Å². The standard InChI is InChI=1S/C20H20FN3O5/c21-15-3-1-13(2-4-15)18(23-20(28)22-12-26)11-24-10-14-9-16(29-8-7-25)5-6-17(14)19(24)27/h1-6,9,12,18,25H,7-8,10-11H2,(H2,22,23,26,28)/t18-/m0/s1. The minimum absolute atomic E-state index is 0.115. The van der Waals surface area contributed by atoms with Crippen molar-refractivity contribution < 1.29 is 28.6 Å². The van der Waals surface area contributed by atoms with Crippen LogP contribution >= 0.6 is 0 Å². The number of hydrogen-bond acceptors (Lipinski definition) is 5. The molecule has 0 radical (unpaired) electrons. The number of nitrogens with one attached hydrogen (secondary N) is 2. The second kappa shape index (κ2) is 9.16. The summed E-state index contributed by atoms with van der Waals surface area (Å²) in [5, 5.41) is 13.5. The highest BCUT2D eigenvalue weighted by Crippen LogP contribution is 2.28. The molecule has 0 aliphatic carbocycles. The smallest absolute Gasteiger partial charge is 0.321 e. The molecule has 1 aliphatic rings. The van der Waals surface area contributed by atoms with Crippen LogP contribution < -0.4 is 15.4 Å². The third-order valence-electron chi connectivity index (χ3n) is 4.49. The average Bonchev–Trinajstić information content (AvgIpc) is 3.01. The Morgan fingerprint density at radius 1 is 1.28 bits per heavy atom. The van der Waals surface area contributed by atoms with E-state index in [1.807, 2.05) is 5.32 Å². The molecule has 0 spiro atoms. The van der Waals surface area contributed by atoms with Gasteiger partial charge in [-0.3, -0.25) is 14.9 Å². The number of rotatable bonds is 8. The number of hydrogen-bond donors (Lipinski definition) is 3. The molecular formula is C20H20FN3O5. The van der Waals surface area contributed by atoms with Gasteiger partial charge in [-0.25, -0.2) is 9.18 Å². The van der Waals surface area contributed by atoms with Gasteiger partial charge in [-0.15, -0.1) is 0 Å². The first-order valence-corrected chi connectivity index (χ1v) is 8.94. The molecule has 0 saturated heterocycles. The molecule has 152 valence electrons. The number of carbonyl (C=O) groups excluding carboxylic acids is 3. The van der Waals surface area contributed by atoms with Crippen molar-refractivity contribution in [1.82, 2.24) is 15.5 Å². The largest absolute Gasteiger partial charge is 0.491 e. The second-order valence-electron chi connectivity index (χ2n) is 6.42. The van der Waals surface area contributed by atoms with Crippen molar-refractivity contribution >= 4 is 18.3 Å². The normalized spacial score (nSPS) is 13.6. The number of ether oxygens (including phenoxy) is 1. The van der Waals surface area contributed by atoms with Gasteiger partial charge in [0, 0.05) is 18.7 Å². The first-order valence-electron chi connectivity index (χ1n) is 8.94. The lowest BCUT2D eigenvalue weighted by Gasteiger charge is -2.25. The van der Waals surface area contributed by atoms with Gasteiger partial charge in [0.25, 0.3) is 5.91 Å². The van der Waals surface area contributed by atoms with Crippen LogP contribution in [0.1, 0.15) is 27.5 Å². The summed E-state index contributed by atoms with van der Waals surface area (Å²) in [5.41, 5.74) is 1.88. The van der Waals surface area contributed by atoms with Gasteiger partial charge in [-0.2, -0.15) is 0 Å². The van der Waals surface area contributed by atoms with Crippen molar-refractivity contribution in [3.05, 3.63) is 65.0 Å². The highest BCUT2D eigenvalue weighted by molar-refractivity contribution is 5.98. The highest BCUT2D eigenvalue weighted by Gasteiger charge is 2.30. The van der Waals surface area contributed by atoms with Gasteiger partial charge < -0.3 is 20.1 Å². The zero-order chi connectivity index (χ0) is 20.8. The minimum Gasteiger partial charge on any atom is -0.491 e. The van der Waals surface area contributed by atoms with Crippen molar-refractivity contribution in [3.8, 4) is 5.75 Å². The molecule has 3 rings (SSSR count).